The molecule has 0 aliphatic rings. The van der Waals surface area contributed by atoms with Crippen LogP contribution >= 0.6 is 0 Å². The van der Waals surface area contributed by atoms with Gasteiger partial charge in [-0.1, -0.05) is 24.3 Å². The minimum Gasteiger partial charge on any atom is -0.254 e. The minimum atomic E-state index is 0. The third kappa shape index (κ3) is 1.59. The molecule has 1 aromatic heterocycles. The quantitative estimate of drug-likeness (QED) is 0.569. The van der Waals surface area contributed by atoms with Crippen molar-refractivity contribution in [2.24, 2.45) is 0 Å². The summed E-state index contributed by atoms with van der Waals surface area (Å²) in [5.74, 6) is 0. The fraction of sp³-hybridized carbons (Fsp3) is 0. The van der Waals surface area contributed by atoms with E-state index in [1.54, 1.807) is 6.20 Å². The molecule has 0 amide bonds. The molecule has 1 heterocycles. The molecule has 2 rings (SSSR count). The third-order valence-electron chi connectivity index (χ3n) is 1.47. The molecule has 54 valence electrons. The zero-order chi connectivity index (χ0) is 6.81. The molecule has 0 unspecified atom stereocenters. The van der Waals surface area contributed by atoms with E-state index in [1.165, 1.54) is 5.39 Å². The van der Waals surface area contributed by atoms with Gasteiger partial charge >= 0.3 is 0 Å². The second-order valence-electron chi connectivity index (χ2n) is 2.14. The molecular formula is C9H6MnN. The van der Waals surface area contributed by atoms with E-state index in [9.17, 15) is 0 Å². The first kappa shape index (κ1) is 8.25. The summed E-state index contributed by atoms with van der Waals surface area (Å²) in [5, 5.41) is 2.27. The van der Waals surface area contributed by atoms with Crippen LogP contribution in [0.3, 0.4) is 0 Å². The molecule has 1 nitrogen and oxygen atoms in total. The molecule has 11 heavy (non-hydrogen) atoms. The Morgan fingerprint density at radius 3 is 2.73 bits per heavy atom. The average molecular weight is 183 g/mol. The Balaban J connectivity index is 0.000000605. The van der Waals surface area contributed by atoms with E-state index in [-0.39, 0.29) is 17.1 Å². The molecule has 0 aliphatic heterocycles. The Morgan fingerprint density at radius 1 is 1.09 bits per heavy atom. The first-order valence-corrected chi connectivity index (χ1v) is 3.18. The molecular weight excluding hydrogens is 177 g/mol. The van der Waals surface area contributed by atoms with Crippen molar-refractivity contribution in [3.8, 4) is 0 Å². The van der Waals surface area contributed by atoms with Gasteiger partial charge in [-0.05, 0) is 11.5 Å². The molecule has 0 saturated heterocycles. The number of nitrogens with zero attached hydrogens (tertiary/aromatic N) is 1. The molecule has 2 aromatic rings. The van der Waals surface area contributed by atoms with Crippen molar-refractivity contribution in [1.29, 1.82) is 0 Å². The van der Waals surface area contributed by atoms with Crippen LogP contribution in [0.1, 0.15) is 0 Å². The van der Waals surface area contributed by atoms with Gasteiger partial charge in [0.2, 0.25) is 0 Å². The second-order valence-corrected chi connectivity index (χ2v) is 2.14. The van der Waals surface area contributed by atoms with Gasteiger partial charge in [0.25, 0.3) is 0 Å². The van der Waals surface area contributed by atoms with Crippen LogP contribution < -0.4 is 0 Å². The largest absolute Gasteiger partial charge is 0.254 e. The van der Waals surface area contributed by atoms with Crippen molar-refractivity contribution >= 4 is 10.8 Å². The SMILES string of the molecule is [Mn].[c]1nccc2ccccc12. The first-order valence-electron chi connectivity index (χ1n) is 3.18. The van der Waals surface area contributed by atoms with Crippen LogP contribution in [0.25, 0.3) is 10.8 Å². The molecule has 0 fully saturated rings. The molecule has 0 atom stereocenters. The summed E-state index contributed by atoms with van der Waals surface area (Å²) in [7, 11) is 0. The number of hydrogen-bond acceptors (Lipinski definition) is 1. The molecule has 1 aromatic carbocycles. The van der Waals surface area contributed by atoms with E-state index in [0.717, 1.165) is 5.39 Å². The molecule has 0 aliphatic carbocycles. The summed E-state index contributed by atoms with van der Waals surface area (Å²) in [6.07, 6.45) is 4.65. The Bertz CT molecular complexity index is 281. The van der Waals surface area contributed by atoms with Gasteiger partial charge in [-0.15, -0.1) is 0 Å². The normalized spacial score (nSPS) is 9.09. The maximum atomic E-state index is 3.89. The van der Waals surface area contributed by atoms with E-state index in [0.29, 0.717) is 0 Å². The van der Waals surface area contributed by atoms with Crippen LogP contribution in [-0.4, -0.2) is 4.98 Å². The van der Waals surface area contributed by atoms with Crippen molar-refractivity contribution in [2.75, 3.05) is 0 Å². The number of fused-ring (bicyclic) bond motifs is 1. The predicted octanol–water partition coefficient (Wildman–Crippen LogP) is 2.03. The van der Waals surface area contributed by atoms with Crippen LogP contribution in [0.2, 0.25) is 0 Å². The van der Waals surface area contributed by atoms with Crippen molar-refractivity contribution < 1.29 is 17.1 Å². The Labute approximate surface area is 75.9 Å². The van der Waals surface area contributed by atoms with Crippen molar-refractivity contribution in [2.45, 2.75) is 0 Å². The van der Waals surface area contributed by atoms with E-state index in [1.807, 2.05) is 30.3 Å². The fourth-order valence-corrected chi connectivity index (χ4v) is 0.969. The van der Waals surface area contributed by atoms with Gasteiger partial charge in [-0.25, -0.2) is 0 Å². The van der Waals surface area contributed by atoms with Gasteiger partial charge in [-0.3, -0.25) is 4.98 Å². The summed E-state index contributed by atoms with van der Waals surface area (Å²) in [4.78, 5) is 3.89. The summed E-state index contributed by atoms with van der Waals surface area (Å²) < 4.78 is 0. The molecule has 0 N–H and O–H groups in total. The van der Waals surface area contributed by atoms with E-state index < -0.39 is 0 Å². The number of rotatable bonds is 0. The number of benzene rings is 1. The van der Waals surface area contributed by atoms with Crippen LogP contribution in [0, 0.1) is 6.20 Å². The van der Waals surface area contributed by atoms with E-state index in [2.05, 4.69) is 11.2 Å². The van der Waals surface area contributed by atoms with Crippen molar-refractivity contribution in [3.63, 3.8) is 0 Å². The van der Waals surface area contributed by atoms with Crippen LogP contribution in [0.4, 0.5) is 0 Å². The molecule has 0 bridgehead atoms. The minimum absolute atomic E-state index is 0. The van der Waals surface area contributed by atoms with Crippen LogP contribution in [-0.2, 0) is 17.1 Å². The van der Waals surface area contributed by atoms with Crippen molar-refractivity contribution in [1.82, 2.24) is 4.98 Å². The summed E-state index contributed by atoms with van der Waals surface area (Å²) in [6, 6.07) is 10.0. The average Bonchev–Trinajstić information content (AvgIpc) is 2.05. The standard InChI is InChI=1S/C9H6N.Mn/c1-2-4-9-7-10-6-5-8(9)3-1;/h1-6H;. The molecule has 0 spiro atoms. The second kappa shape index (κ2) is 3.51. The Hall–Kier alpha value is -0.851. The maximum Gasteiger partial charge on any atom is 0.0970 e. The van der Waals surface area contributed by atoms with Crippen molar-refractivity contribution in [3.05, 3.63) is 42.7 Å². The Morgan fingerprint density at radius 2 is 1.91 bits per heavy atom. The van der Waals surface area contributed by atoms with Gasteiger partial charge in [0.1, 0.15) is 0 Å². The van der Waals surface area contributed by atoms with Gasteiger partial charge in [0.15, 0.2) is 0 Å². The summed E-state index contributed by atoms with van der Waals surface area (Å²) in [6.45, 7) is 0. The number of hydrogen-bond donors (Lipinski definition) is 0. The predicted molar refractivity (Wildman–Crippen MR) is 40.6 cm³/mol. The molecule has 2 radical (unpaired) electrons. The zero-order valence-electron chi connectivity index (χ0n) is 5.79. The summed E-state index contributed by atoms with van der Waals surface area (Å²) in [5.41, 5.74) is 0. The Kier molecular flexibility index (Phi) is 2.64. The van der Waals surface area contributed by atoms with Gasteiger partial charge in [0, 0.05) is 28.7 Å². The smallest absolute Gasteiger partial charge is 0.0970 e. The van der Waals surface area contributed by atoms with Gasteiger partial charge < -0.3 is 0 Å². The van der Waals surface area contributed by atoms with E-state index in [4.69, 9.17) is 0 Å². The van der Waals surface area contributed by atoms with Gasteiger partial charge in [-0.2, -0.15) is 0 Å². The van der Waals surface area contributed by atoms with Crippen LogP contribution in [0.5, 0.6) is 0 Å². The number of aromatic nitrogens is 1. The van der Waals surface area contributed by atoms with Gasteiger partial charge in [0.05, 0.1) is 6.20 Å². The maximum absolute atomic E-state index is 3.89. The molecule has 0 saturated carbocycles. The molecule has 2 heteroatoms. The third-order valence-corrected chi connectivity index (χ3v) is 1.47. The zero-order valence-corrected chi connectivity index (χ0v) is 6.97. The van der Waals surface area contributed by atoms with Crippen LogP contribution in [0.15, 0.2) is 36.5 Å². The monoisotopic (exact) mass is 183 g/mol. The topological polar surface area (TPSA) is 12.9 Å². The fourth-order valence-electron chi connectivity index (χ4n) is 0.969. The van der Waals surface area contributed by atoms with E-state index >= 15 is 0 Å². The number of pyridine rings is 1. The summed E-state index contributed by atoms with van der Waals surface area (Å²) >= 11 is 0. The first-order chi connectivity index (χ1) is 4.97.